The maximum Gasteiger partial charge on any atom is 0.272 e. The van der Waals surface area contributed by atoms with E-state index in [1.165, 1.54) is 0 Å². The van der Waals surface area contributed by atoms with Crippen LogP contribution < -0.4 is 20.1 Å². The fraction of sp³-hybridized carbons (Fsp3) is 0.367. The van der Waals surface area contributed by atoms with Gasteiger partial charge in [0, 0.05) is 62.3 Å². The number of hydrogen-bond acceptors (Lipinski definition) is 10. The lowest BCUT2D eigenvalue weighted by Crippen LogP contribution is -2.45. The van der Waals surface area contributed by atoms with Crippen molar-refractivity contribution in [3.8, 4) is 28.4 Å². The number of hydrogen-bond donors (Lipinski definition) is 2. The van der Waals surface area contributed by atoms with Crippen LogP contribution in [0.3, 0.4) is 0 Å². The Hall–Kier alpha value is -4.75. The first-order valence-corrected chi connectivity index (χ1v) is 14.5. The van der Waals surface area contributed by atoms with E-state index in [1.807, 2.05) is 30.5 Å². The molecule has 2 N–H and O–H groups in total. The van der Waals surface area contributed by atoms with Gasteiger partial charge in [0.2, 0.25) is 0 Å². The second kappa shape index (κ2) is 10.2. The molecule has 4 aromatic heterocycles. The molecule has 1 amide bonds. The number of carbonyl (C=O) groups is 1. The van der Waals surface area contributed by atoms with Crippen LogP contribution in [0.4, 0.5) is 5.69 Å². The van der Waals surface area contributed by atoms with E-state index in [9.17, 15) is 4.79 Å². The lowest BCUT2D eigenvalue weighted by Gasteiger charge is -2.37. The van der Waals surface area contributed by atoms with E-state index < -0.39 is 0 Å². The Morgan fingerprint density at radius 3 is 2.98 bits per heavy atom. The third-order valence-electron chi connectivity index (χ3n) is 8.57. The molecule has 0 radical (unpaired) electrons. The highest BCUT2D eigenvalue weighted by Gasteiger charge is 2.44. The van der Waals surface area contributed by atoms with Crippen LogP contribution in [0.5, 0.6) is 11.5 Å². The average Bonchev–Trinajstić information content (AvgIpc) is 3.75. The predicted molar refractivity (Wildman–Crippen MR) is 158 cm³/mol. The van der Waals surface area contributed by atoms with E-state index in [0.29, 0.717) is 64.5 Å². The van der Waals surface area contributed by atoms with Crippen LogP contribution >= 0.6 is 0 Å². The Labute approximate surface area is 246 Å². The molecule has 7 heterocycles. The predicted octanol–water partition coefficient (Wildman–Crippen LogP) is 2.40. The molecule has 0 aliphatic carbocycles. The highest BCUT2D eigenvalue weighted by atomic mass is 16.5. The summed E-state index contributed by atoms with van der Waals surface area (Å²) >= 11 is 0. The summed E-state index contributed by atoms with van der Waals surface area (Å²) in [6.45, 7) is 6.27. The molecule has 3 aliphatic rings. The SMILES string of the molecule is COc1cc2c(cc1-n1nc(C(=O)NCCN3CCC4(COC4)C3)c3cnc(-c4cnn5cccnc45)cc31)OCCN2. The first-order valence-electron chi connectivity index (χ1n) is 14.5. The van der Waals surface area contributed by atoms with Crippen molar-refractivity contribution in [2.24, 2.45) is 5.41 Å². The Bertz CT molecular complexity index is 1860. The molecule has 8 rings (SSSR count). The number of likely N-dealkylation sites (tertiary alicyclic amines) is 1. The van der Waals surface area contributed by atoms with Crippen molar-refractivity contribution in [1.29, 1.82) is 0 Å². The topological polar surface area (TPSA) is 133 Å². The van der Waals surface area contributed by atoms with Gasteiger partial charge in [-0.15, -0.1) is 0 Å². The van der Waals surface area contributed by atoms with E-state index in [1.54, 1.807) is 34.9 Å². The largest absolute Gasteiger partial charge is 0.494 e. The Morgan fingerprint density at radius 2 is 2.14 bits per heavy atom. The maximum atomic E-state index is 13.6. The molecular weight excluding hydrogens is 550 g/mol. The average molecular weight is 582 g/mol. The van der Waals surface area contributed by atoms with Gasteiger partial charge in [0.25, 0.3) is 5.91 Å². The standard InChI is InChI=1S/C30H31N9O4/c1-41-26-12-22-25(43-10-6-31-22)13-24(26)39-23-11-21(19-15-35-38-7-2-4-32-28(19)38)34-14-20(23)27(36-39)29(40)33-5-9-37-8-3-30(16-37)17-42-18-30/h2,4,7,11-15,31H,3,5-6,8-10,16-18H2,1H3,(H,33,40). The fourth-order valence-corrected chi connectivity index (χ4v) is 6.26. The van der Waals surface area contributed by atoms with Crippen LogP contribution in [0.2, 0.25) is 0 Å². The second-order valence-electron chi connectivity index (χ2n) is 11.4. The number of ether oxygens (including phenoxy) is 3. The van der Waals surface area contributed by atoms with Crippen molar-refractivity contribution < 1.29 is 19.0 Å². The van der Waals surface area contributed by atoms with Crippen molar-refractivity contribution in [3.63, 3.8) is 0 Å². The minimum absolute atomic E-state index is 0.258. The fourth-order valence-electron chi connectivity index (χ4n) is 6.26. The molecule has 0 bridgehead atoms. The van der Waals surface area contributed by atoms with Crippen molar-refractivity contribution in [2.75, 3.05) is 65.0 Å². The molecule has 220 valence electrons. The third-order valence-corrected chi connectivity index (χ3v) is 8.57. The van der Waals surface area contributed by atoms with Crippen molar-refractivity contribution in [1.82, 2.24) is 39.6 Å². The smallest absolute Gasteiger partial charge is 0.272 e. The summed E-state index contributed by atoms with van der Waals surface area (Å²) in [5.74, 6) is 1.02. The first-order chi connectivity index (χ1) is 21.1. The van der Waals surface area contributed by atoms with Crippen LogP contribution in [-0.4, -0.2) is 99.8 Å². The number of pyridine rings is 1. The molecule has 43 heavy (non-hydrogen) atoms. The number of rotatable bonds is 7. The van der Waals surface area contributed by atoms with E-state index in [-0.39, 0.29) is 11.6 Å². The van der Waals surface area contributed by atoms with Crippen LogP contribution in [0.1, 0.15) is 16.9 Å². The molecule has 13 nitrogen and oxygen atoms in total. The third kappa shape index (κ3) is 4.43. The van der Waals surface area contributed by atoms with Crippen LogP contribution in [0.25, 0.3) is 33.5 Å². The van der Waals surface area contributed by atoms with E-state index >= 15 is 0 Å². The van der Waals surface area contributed by atoms with Gasteiger partial charge in [-0.2, -0.15) is 10.2 Å². The lowest BCUT2D eigenvalue weighted by atomic mass is 9.85. The minimum atomic E-state index is -0.258. The van der Waals surface area contributed by atoms with Gasteiger partial charge in [-0.05, 0) is 25.1 Å². The number of carbonyl (C=O) groups excluding carboxylic acids is 1. The Morgan fingerprint density at radius 1 is 1.21 bits per heavy atom. The molecule has 2 fully saturated rings. The van der Waals surface area contributed by atoms with Crippen molar-refractivity contribution in [3.05, 3.63) is 54.7 Å². The molecule has 5 aromatic rings. The zero-order valence-corrected chi connectivity index (χ0v) is 23.7. The number of anilines is 1. The molecule has 3 aliphatic heterocycles. The number of aromatic nitrogens is 6. The van der Waals surface area contributed by atoms with Crippen LogP contribution in [-0.2, 0) is 4.74 Å². The van der Waals surface area contributed by atoms with E-state index in [0.717, 1.165) is 50.5 Å². The molecule has 0 atom stereocenters. The first kappa shape index (κ1) is 25.9. The molecule has 0 saturated carbocycles. The Balaban J connectivity index is 1.17. The molecule has 0 unspecified atom stereocenters. The zero-order valence-electron chi connectivity index (χ0n) is 23.7. The number of fused-ring (bicyclic) bond motifs is 3. The van der Waals surface area contributed by atoms with Gasteiger partial charge in [-0.3, -0.25) is 9.78 Å². The van der Waals surface area contributed by atoms with E-state index in [4.69, 9.17) is 24.3 Å². The number of amides is 1. The highest BCUT2D eigenvalue weighted by molar-refractivity contribution is 6.05. The quantitative estimate of drug-likeness (QED) is 0.295. The van der Waals surface area contributed by atoms with Gasteiger partial charge in [0.05, 0.1) is 54.4 Å². The summed E-state index contributed by atoms with van der Waals surface area (Å²) < 4.78 is 20.6. The summed E-state index contributed by atoms with van der Waals surface area (Å²) in [6, 6.07) is 7.51. The molecule has 13 heteroatoms. The van der Waals surface area contributed by atoms with Gasteiger partial charge in [0.1, 0.15) is 23.8 Å². The molecule has 2 saturated heterocycles. The number of nitrogens with one attached hydrogen (secondary N) is 2. The van der Waals surface area contributed by atoms with Gasteiger partial charge in [-0.1, -0.05) is 0 Å². The van der Waals surface area contributed by atoms with Gasteiger partial charge in [-0.25, -0.2) is 14.2 Å². The lowest BCUT2D eigenvalue weighted by molar-refractivity contribution is -0.104. The molecular formula is C30H31N9O4. The number of methoxy groups -OCH3 is 1. The normalized spacial score (nSPS) is 17.4. The maximum absolute atomic E-state index is 13.6. The van der Waals surface area contributed by atoms with E-state index in [2.05, 4.69) is 25.6 Å². The number of nitrogens with zero attached hydrogens (tertiary/aromatic N) is 7. The summed E-state index contributed by atoms with van der Waals surface area (Å²) in [6.07, 6.45) is 8.14. The monoisotopic (exact) mass is 581 g/mol. The van der Waals surface area contributed by atoms with Gasteiger partial charge >= 0.3 is 0 Å². The summed E-state index contributed by atoms with van der Waals surface area (Å²) in [7, 11) is 1.62. The Kier molecular flexibility index (Phi) is 6.15. The minimum Gasteiger partial charge on any atom is -0.494 e. The highest BCUT2D eigenvalue weighted by Crippen LogP contribution is 2.39. The van der Waals surface area contributed by atoms with Crippen LogP contribution in [0.15, 0.2) is 49.1 Å². The summed E-state index contributed by atoms with van der Waals surface area (Å²) in [4.78, 5) is 25.2. The van der Waals surface area contributed by atoms with Gasteiger partial charge < -0.3 is 29.7 Å². The van der Waals surface area contributed by atoms with Crippen LogP contribution in [0, 0.1) is 5.41 Å². The number of benzene rings is 1. The molecule has 1 aromatic carbocycles. The second-order valence-corrected chi connectivity index (χ2v) is 11.4. The summed E-state index contributed by atoms with van der Waals surface area (Å²) in [5.41, 5.74) is 4.90. The zero-order chi connectivity index (χ0) is 29.0. The van der Waals surface area contributed by atoms with Crippen molar-refractivity contribution in [2.45, 2.75) is 6.42 Å². The molecule has 1 spiro atoms. The summed E-state index contributed by atoms with van der Waals surface area (Å²) in [5, 5.41) is 16.3. The van der Waals surface area contributed by atoms with Gasteiger partial charge in [0.15, 0.2) is 11.3 Å². The van der Waals surface area contributed by atoms with Crippen molar-refractivity contribution >= 4 is 28.1 Å².